The first-order chi connectivity index (χ1) is 7.83. The number of aromatic nitrogens is 2. The lowest BCUT2D eigenvalue weighted by molar-refractivity contribution is 0.208. The van der Waals surface area contributed by atoms with Crippen LogP contribution < -0.4 is 4.90 Å². The summed E-state index contributed by atoms with van der Waals surface area (Å²) in [6, 6.07) is 1.94. The second kappa shape index (κ2) is 5.50. The molecule has 16 heavy (non-hydrogen) atoms. The molecule has 1 aromatic rings. The number of aliphatic hydroxyl groups is 1. The van der Waals surface area contributed by atoms with Crippen molar-refractivity contribution < 1.29 is 5.11 Å². The molecule has 2 rings (SSSR count). The summed E-state index contributed by atoms with van der Waals surface area (Å²) in [4.78, 5) is 10.9. The molecule has 1 aliphatic rings. The Balaban J connectivity index is 2.10. The summed E-state index contributed by atoms with van der Waals surface area (Å²) >= 11 is 1.56. The maximum absolute atomic E-state index is 9.19. The summed E-state index contributed by atoms with van der Waals surface area (Å²) in [6.45, 7) is 2.21. The third kappa shape index (κ3) is 2.65. The Morgan fingerprint density at radius 1 is 1.62 bits per heavy atom. The zero-order chi connectivity index (χ0) is 11.4. The quantitative estimate of drug-likeness (QED) is 0.638. The van der Waals surface area contributed by atoms with Crippen LogP contribution in [0.4, 0.5) is 5.82 Å². The molecule has 1 aliphatic heterocycles. The predicted molar refractivity (Wildman–Crippen MR) is 65.8 cm³/mol. The highest BCUT2D eigenvalue weighted by molar-refractivity contribution is 7.98. The zero-order valence-corrected chi connectivity index (χ0v) is 10.3. The first-order valence-corrected chi connectivity index (χ1v) is 6.79. The van der Waals surface area contributed by atoms with Crippen LogP contribution in [0.3, 0.4) is 0 Å². The minimum absolute atomic E-state index is 0.275. The molecule has 1 saturated heterocycles. The highest BCUT2D eigenvalue weighted by Crippen LogP contribution is 2.22. The van der Waals surface area contributed by atoms with E-state index in [0.29, 0.717) is 5.92 Å². The number of nitrogens with zero attached hydrogens (tertiary/aromatic N) is 3. The van der Waals surface area contributed by atoms with Gasteiger partial charge >= 0.3 is 0 Å². The summed E-state index contributed by atoms with van der Waals surface area (Å²) in [7, 11) is 0. The summed E-state index contributed by atoms with van der Waals surface area (Å²) in [5.74, 6) is 1.37. The smallest absolute Gasteiger partial charge is 0.189 e. The van der Waals surface area contributed by atoms with Gasteiger partial charge in [0.05, 0.1) is 0 Å². The van der Waals surface area contributed by atoms with Gasteiger partial charge in [-0.3, -0.25) is 0 Å². The van der Waals surface area contributed by atoms with Crippen LogP contribution in [0.15, 0.2) is 17.4 Å². The van der Waals surface area contributed by atoms with Gasteiger partial charge in [0, 0.05) is 25.9 Å². The first-order valence-electron chi connectivity index (χ1n) is 5.56. The maximum Gasteiger partial charge on any atom is 0.189 e. The lowest BCUT2D eigenvalue weighted by Crippen LogP contribution is -2.37. The van der Waals surface area contributed by atoms with Crippen LogP contribution in [0.5, 0.6) is 0 Å². The number of anilines is 1. The summed E-state index contributed by atoms with van der Waals surface area (Å²) in [5.41, 5.74) is 0. The van der Waals surface area contributed by atoms with E-state index in [0.717, 1.165) is 36.9 Å². The van der Waals surface area contributed by atoms with Crippen molar-refractivity contribution in [2.45, 2.75) is 18.0 Å². The van der Waals surface area contributed by atoms with Gasteiger partial charge in [-0.1, -0.05) is 11.8 Å². The largest absolute Gasteiger partial charge is 0.396 e. The van der Waals surface area contributed by atoms with Crippen molar-refractivity contribution in [1.82, 2.24) is 9.97 Å². The maximum atomic E-state index is 9.19. The van der Waals surface area contributed by atoms with E-state index in [9.17, 15) is 5.11 Å². The van der Waals surface area contributed by atoms with Gasteiger partial charge in [0.25, 0.3) is 0 Å². The van der Waals surface area contributed by atoms with E-state index in [4.69, 9.17) is 0 Å². The molecule has 0 radical (unpaired) electrons. The number of rotatable bonds is 3. The van der Waals surface area contributed by atoms with Crippen molar-refractivity contribution in [3.05, 3.63) is 12.3 Å². The van der Waals surface area contributed by atoms with Crippen molar-refractivity contribution in [3.8, 4) is 0 Å². The van der Waals surface area contributed by atoms with Gasteiger partial charge in [0.1, 0.15) is 5.82 Å². The fourth-order valence-electron chi connectivity index (χ4n) is 2.03. The van der Waals surface area contributed by atoms with E-state index in [1.165, 1.54) is 0 Å². The van der Waals surface area contributed by atoms with Crippen molar-refractivity contribution in [3.63, 3.8) is 0 Å². The minimum Gasteiger partial charge on any atom is -0.396 e. The molecule has 0 saturated carbocycles. The molecule has 0 aliphatic carbocycles. The van der Waals surface area contributed by atoms with Gasteiger partial charge in [0.2, 0.25) is 0 Å². The molecule has 1 aromatic heterocycles. The zero-order valence-electron chi connectivity index (χ0n) is 9.46. The summed E-state index contributed by atoms with van der Waals surface area (Å²) in [5, 5.41) is 10.0. The normalized spacial score (nSPS) is 21.1. The number of hydrogen-bond acceptors (Lipinski definition) is 5. The van der Waals surface area contributed by atoms with Crippen LogP contribution >= 0.6 is 11.8 Å². The van der Waals surface area contributed by atoms with Crippen molar-refractivity contribution in [2.75, 3.05) is 30.9 Å². The van der Waals surface area contributed by atoms with E-state index in [1.54, 1.807) is 18.0 Å². The second-order valence-electron chi connectivity index (χ2n) is 4.04. The number of aliphatic hydroxyl groups excluding tert-OH is 1. The predicted octanol–water partition coefficient (Wildman–Crippen LogP) is 1.41. The van der Waals surface area contributed by atoms with Crippen LogP contribution in [0, 0.1) is 5.92 Å². The van der Waals surface area contributed by atoms with Gasteiger partial charge in [-0.25, -0.2) is 9.97 Å². The fourth-order valence-corrected chi connectivity index (χ4v) is 2.38. The first kappa shape index (κ1) is 11.7. The Kier molecular flexibility index (Phi) is 4.01. The van der Waals surface area contributed by atoms with E-state index in [1.807, 2.05) is 12.3 Å². The average molecular weight is 239 g/mol. The van der Waals surface area contributed by atoms with Gasteiger partial charge < -0.3 is 10.0 Å². The Labute approximate surface area is 100 Å². The molecule has 1 fully saturated rings. The van der Waals surface area contributed by atoms with Gasteiger partial charge in [-0.2, -0.15) is 0 Å². The fraction of sp³-hybridized carbons (Fsp3) is 0.636. The molecule has 0 amide bonds. The molecule has 2 heterocycles. The monoisotopic (exact) mass is 239 g/mol. The number of hydrogen-bond donors (Lipinski definition) is 1. The number of thioether (sulfide) groups is 1. The Morgan fingerprint density at radius 3 is 3.25 bits per heavy atom. The van der Waals surface area contributed by atoms with Crippen molar-refractivity contribution in [2.24, 2.45) is 5.92 Å². The van der Waals surface area contributed by atoms with E-state index in [-0.39, 0.29) is 6.61 Å². The third-order valence-electron chi connectivity index (χ3n) is 2.90. The molecule has 5 heteroatoms. The van der Waals surface area contributed by atoms with Crippen LogP contribution in [-0.4, -0.2) is 41.0 Å². The Morgan fingerprint density at radius 2 is 2.50 bits per heavy atom. The highest BCUT2D eigenvalue weighted by atomic mass is 32.2. The summed E-state index contributed by atoms with van der Waals surface area (Å²) in [6.07, 6.45) is 6.03. The molecule has 1 atom stereocenters. The molecular formula is C11H17N3OS. The summed E-state index contributed by atoms with van der Waals surface area (Å²) < 4.78 is 0. The minimum atomic E-state index is 0.275. The van der Waals surface area contributed by atoms with E-state index < -0.39 is 0 Å². The Hall–Kier alpha value is -0.810. The van der Waals surface area contributed by atoms with Crippen molar-refractivity contribution in [1.29, 1.82) is 0 Å². The number of piperidine rings is 1. The topological polar surface area (TPSA) is 49.2 Å². The van der Waals surface area contributed by atoms with Crippen LogP contribution in [0.1, 0.15) is 12.8 Å². The molecule has 1 N–H and O–H groups in total. The van der Waals surface area contributed by atoms with Gasteiger partial charge in [0.15, 0.2) is 5.16 Å². The second-order valence-corrected chi connectivity index (χ2v) is 4.81. The SMILES string of the molecule is CSc1nccc(N2CCCC(CO)C2)n1. The van der Waals surface area contributed by atoms with Crippen LogP contribution in [0.25, 0.3) is 0 Å². The van der Waals surface area contributed by atoms with Gasteiger partial charge in [-0.15, -0.1) is 0 Å². The molecule has 88 valence electrons. The Bertz CT molecular complexity index is 348. The van der Waals surface area contributed by atoms with E-state index >= 15 is 0 Å². The van der Waals surface area contributed by atoms with Crippen molar-refractivity contribution >= 4 is 17.6 Å². The lowest BCUT2D eigenvalue weighted by atomic mass is 9.99. The molecular weight excluding hydrogens is 222 g/mol. The average Bonchev–Trinajstić information content (AvgIpc) is 2.39. The highest BCUT2D eigenvalue weighted by Gasteiger charge is 2.20. The molecule has 0 aromatic carbocycles. The third-order valence-corrected chi connectivity index (χ3v) is 3.46. The standard InChI is InChI=1S/C11H17N3OS/c1-16-11-12-5-4-10(13-11)14-6-2-3-9(7-14)8-15/h4-5,9,15H,2-3,6-8H2,1H3. The molecule has 0 spiro atoms. The molecule has 0 bridgehead atoms. The van der Waals surface area contributed by atoms with E-state index in [2.05, 4.69) is 14.9 Å². The lowest BCUT2D eigenvalue weighted by Gasteiger charge is -2.32. The molecule has 1 unspecified atom stereocenters. The van der Waals surface area contributed by atoms with Crippen LogP contribution in [0.2, 0.25) is 0 Å². The van der Waals surface area contributed by atoms with Crippen LogP contribution in [-0.2, 0) is 0 Å². The molecule has 4 nitrogen and oxygen atoms in total. The van der Waals surface area contributed by atoms with Gasteiger partial charge in [-0.05, 0) is 31.1 Å².